The average Bonchev–Trinajstić information content (AvgIpc) is 3.10. The fraction of sp³-hybridized carbons (Fsp3) is 0.167. The predicted molar refractivity (Wildman–Crippen MR) is 95.7 cm³/mol. The van der Waals surface area contributed by atoms with Crippen LogP contribution in [0.25, 0.3) is 5.52 Å². The van der Waals surface area contributed by atoms with Crippen molar-refractivity contribution in [2.45, 2.75) is 20.3 Å². The van der Waals surface area contributed by atoms with E-state index in [1.165, 1.54) is 0 Å². The van der Waals surface area contributed by atoms with Crippen molar-refractivity contribution in [2.75, 3.05) is 5.32 Å². The predicted octanol–water partition coefficient (Wildman–Crippen LogP) is 3.64. The van der Waals surface area contributed by atoms with Gasteiger partial charge in [0, 0.05) is 18.3 Å². The van der Waals surface area contributed by atoms with Crippen LogP contribution in [0.3, 0.4) is 0 Å². The Hall–Kier alpha value is -2.73. The molecule has 122 valence electrons. The van der Waals surface area contributed by atoms with Gasteiger partial charge in [0.05, 0.1) is 16.8 Å². The highest BCUT2D eigenvalue weighted by atomic mass is 32.1. The first kappa shape index (κ1) is 16.1. The number of fused-ring (bicyclic) bond motifs is 1. The standard InChI is InChI=1S/C18H17N3O2S/c1-11(2)8-13-10-14(15-6-4-5-7-21(13)15)17(22)18(23)19-16-9-12(3)20-24-16/h4-7,9-10H,1,8H2,2-3H3,(H,19,23). The average molecular weight is 339 g/mol. The molecule has 0 aliphatic carbocycles. The van der Waals surface area contributed by atoms with Gasteiger partial charge >= 0.3 is 0 Å². The summed E-state index contributed by atoms with van der Waals surface area (Å²) in [4.78, 5) is 24.9. The van der Waals surface area contributed by atoms with E-state index >= 15 is 0 Å². The monoisotopic (exact) mass is 339 g/mol. The first-order chi connectivity index (χ1) is 11.5. The van der Waals surface area contributed by atoms with Gasteiger partial charge in [-0.05, 0) is 49.6 Å². The molecule has 0 saturated heterocycles. The van der Waals surface area contributed by atoms with Gasteiger partial charge in [-0.15, -0.1) is 0 Å². The lowest BCUT2D eigenvalue weighted by Crippen LogP contribution is -2.22. The summed E-state index contributed by atoms with van der Waals surface area (Å²) in [7, 11) is 0. The van der Waals surface area contributed by atoms with Crippen molar-refractivity contribution in [3.8, 4) is 0 Å². The summed E-state index contributed by atoms with van der Waals surface area (Å²) in [5, 5.41) is 3.18. The molecule has 0 atom stereocenters. The molecule has 3 heterocycles. The molecule has 3 rings (SSSR count). The Morgan fingerprint density at radius 3 is 2.79 bits per heavy atom. The number of aryl methyl sites for hydroxylation is 1. The van der Waals surface area contributed by atoms with Crippen LogP contribution in [0.2, 0.25) is 0 Å². The molecule has 0 unspecified atom stereocenters. The molecule has 0 fully saturated rings. The maximum Gasteiger partial charge on any atom is 0.297 e. The van der Waals surface area contributed by atoms with Crippen LogP contribution < -0.4 is 5.32 Å². The van der Waals surface area contributed by atoms with E-state index in [1.807, 2.05) is 42.6 Å². The maximum absolute atomic E-state index is 12.6. The Morgan fingerprint density at radius 2 is 2.12 bits per heavy atom. The molecule has 3 aromatic heterocycles. The number of carbonyl (C=O) groups excluding carboxylic acids is 2. The molecule has 0 saturated carbocycles. The summed E-state index contributed by atoms with van der Waals surface area (Å²) in [6.07, 6.45) is 2.53. The van der Waals surface area contributed by atoms with Crippen LogP contribution in [0.5, 0.6) is 0 Å². The van der Waals surface area contributed by atoms with Crippen LogP contribution in [0.4, 0.5) is 5.00 Å². The van der Waals surface area contributed by atoms with E-state index in [-0.39, 0.29) is 0 Å². The third-order valence-corrected chi connectivity index (χ3v) is 4.35. The minimum atomic E-state index is -0.656. The summed E-state index contributed by atoms with van der Waals surface area (Å²) >= 11 is 1.16. The zero-order valence-corrected chi connectivity index (χ0v) is 14.3. The highest BCUT2D eigenvalue weighted by Gasteiger charge is 2.22. The van der Waals surface area contributed by atoms with Crippen LogP contribution in [0.1, 0.15) is 28.7 Å². The molecule has 0 aliphatic heterocycles. The van der Waals surface area contributed by atoms with Crippen molar-refractivity contribution in [1.82, 2.24) is 8.77 Å². The molecule has 0 aliphatic rings. The fourth-order valence-corrected chi connectivity index (χ4v) is 3.22. The van der Waals surface area contributed by atoms with Crippen LogP contribution in [0.15, 0.2) is 48.7 Å². The van der Waals surface area contributed by atoms with Crippen molar-refractivity contribution >= 4 is 33.7 Å². The summed E-state index contributed by atoms with van der Waals surface area (Å²) in [5.74, 6) is -1.21. The van der Waals surface area contributed by atoms with Gasteiger partial charge in [0.15, 0.2) is 0 Å². The number of anilines is 1. The number of Topliss-reactive ketones (excluding diaryl/α,β-unsaturated/α-hetero) is 1. The number of carbonyl (C=O) groups is 2. The van der Waals surface area contributed by atoms with Gasteiger partial charge in [-0.1, -0.05) is 18.2 Å². The molecule has 0 bridgehead atoms. The Morgan fingerprint density at radius 1 is 1.33 bits per heavy atom. The number of hydrogen-bond donors (Lipinski definition) is 1. The fourth-order valence-electron chi connectivity index (χ4n) is 2.56. The van der Waals surface area contributed by atoms with E-state index in [4.69, 9.17) is 0 Å². The number of hydrogen-bond acceptors (Lipinski definition) is 4. The Balaban J connectivity index is 1.94. The van der Waals surface area contributed by atoms with Gasteiger partial charge in [-0.25, -0.2) is 0 Å². The zero-order chi connectivity index (χ0) is 17.3. The minimum Gasteiger partial charge on any atom is -0.320 e. The lowest BCUT2D eigenvalue weighted by atomic mass is 10.1. The summed E-state index contributed by atoms with van der Waals surface area (Å²) in [5.41, 5.74) is 3.84. The second kappa shape index (κ2) is 6.41. The molecule has 0 spiro atoms. The largest absolute Gasteiger partial charge is 0.320 e. The molecule has 24 heavy (non-hydrogen) atoms. The summed E-state index contributed by atoms with van der Waals surface area (Å²) in [6, 6.07) is 9.08. The first-order valence-electron chi connectivity index (χ1n) is 7.48. The van der Waals surface area contributed by atoms with E-state index in [0.29, 0.717) is 17.0 Å². The van der Waals surface area contributed by atoms with E-state index in [1.54, 1.807) is 12.1 Å². The van der Waals surface area contributed by atoms with Crippen LogP contribution in [-0.4, -0.2) is 20.5 Å². The first-order valence-corrected chi connectivity index (χ1v) is 8.25. The lowest BCUT2D eigenvalue weighted by Gasteiger charge is -2.02. The number of ketones is 1. The highest BCUT2D eigenvalue weighted by molar-refractivity contribution is 7.10. The van der Waals surface area contributed by atoms with Crippen molar-refractivity contribution in [2.24, 2.45) is 0 Å². The number of allylic oxidation sites excluding steroid dienone is 1. The third-order valence-electron chi connectivity index (χ3n) is 3.55. The van der Waals surface area contributed by atoms with E-state index < -0.39 is 11.7 Å². The zero-order valence-electron chi connectivity index (χ0n) is 13.5. The molecule has 5 nitrogen and oxygen atoms in total. The molecular weight excluding hydrogens is 322 g/mol. The second-order valence-corrected chi connectivity index (χ2v) is 6.56. The lowest BCUT2D eigenvalue weighted by molar-refractivity contribution is -0.112. The van der Waals surface area contributed by atoms with E-state index in [0.717, 1.165) is 34.0 Å². The molecule has 0 radical (unpaired) electrons. The summed E-state index contributed by atoms with van der Waals surface area (Å²) < 4.78 is 6.01. The Labute approximate surface area is 143 Å². The number of pyridine rings is 1. The number of rotatable bonds is 5. The second-order valence-electron chi connectivity index (χ2n) is 5.75. The van der Waals surface area contributed by atoms with Gasteiger partial charge < -0.3 is 9.72 Å². The maximum atomic E-state index is 12.6. The van der Waals surface area contributed by atoms with Crippen LogP contribution in [-0.2, 0) is 11.2 Å². The van der Waals surface area contributed by atoms with Crippen LogP contribution in [0, 0.1) is 6.92 Å². The molecule has 0 aromatic carbocycles. The smallest absolute Gasteiger partial charge is 0.297 e. The molecule has 1 amide bonds. The van der Waals surface area contributed by atoms with Crippen molar-refractivity contribution in [3.05, 3.63) is 65.6 Å². The number of nitrogens with zero attached hydrogens (tertiary/aromatic N) is 2. The van der Waals surface area contributed by atoms with Gasteiger partial charge in [0.1, 0.15) is 5.00 Å². The van der Waals surface area contributed by atoms with E-state index in [2.05, 4.69) is 16.3 Å². The Bertz CT molecular complexity index is 952. The quantitative estimate of drug-likeness (QED) is 0.438. The number of aromatic nitrogens is 2. The molecule has 6 heteroatoms. The number of nitrogens with one attached hydrogen (secondary N) is 1. The van der Waals surface area contributed by atoms with E-state index in [9.17, 15) is 9.59 Å². The van der Waals surface area contributed by atoms with Crippen LogP contribution >= 0.6 is 11.5 Å². The van der Waals surface area contributed by atoms with Crippen molar-refractivity contribution < 1.29 is 9.59 Å². The third kappa shape index (κ3) is 3.14. The van der Waals surface area contributed by atoms with Crippen molar-refractivity contribution in [1.29, 1.82) is 0 Å². The SMILES string of the molecule is C=C(C)Cc1cc(C(=O)C(=O)Nc2cc(C)ns2)c2ccccn12. The summed E-state index contributed by atoms with van der Waals surface area (Å²) in [6.45, 7) is 7.69. The van der Waals surface area contributed by atoms with Crippen molar-refractivity contribution in [3.63, 3.8) is 0 Å². The molecular formula is C18H17N3O2S. The minimum absolute atomic E-state index is 0.394. The van der Waals surface area contributed by atoms with Gasteiger partial charge in [-0.3, -0.25) is 9.59 Å². The Kier molecular flexibility index (Phi) is 4.31. The number of amides is 1. The normalized spacial score (nSPS) is 10.8. The van der Waals surface area contributed by atoms with Gasteiger partial charge in [-0.2, -0.15) is 4.37 Å². The van der Waals surface area contributed by atoms with Gasteiger partial charge in [0.2, 0.25) is 0 Å². The molecule has 3 aromatic rings. The molecule has 1 N–H and O–H groups in total. The highest BCUT2D eigenvalue weighted by Crippen LogP contribution is 2.21. The topological polar surface area (TPSA) is 63.5 Å². The van der Waals surface area contributed by atoms with Gasteiger partial charge in [0.25, 0.3) is 11.7 Å².